The number of fused-ring (bicyclic) bond motifs is 1. The van der Waals surface area contributed by atoms with Crippen LogP contribution in [0.2, 0.25) is 0 Å². The van der Waals surface area contributed by atoms with Crippen LogP contribution in [0.5, 0.6) is 0 Å². The second-order valence-corrected chi connectivity index (χ2v) is 12.0. The van der Waals surface area contributed by atoms with Crippen LogP contribution in [0.1, 0.15) is 87.4 Å². The van der Waals surface area contributed by atoms with Crippen LogP contribution in [0.3, 0.4) is 0 Å². The van der Waals surface area contributed by atoms with Crippen LogP contribution in [-0.2, 0) is 19.5 Å². The Hall–Kier alpha value is -4.29. The van der Waals surface area contributed by atoms with E-state index >= 15 is 0 Å². The molecule has 0 radical (unpaired) electrons. The lowest BCUT2D eigenvalue weighted by atomic mass is 9.89. The maximum absolute atomic E-state index is 13.2. The number of rotatable bonds is 12. The van der Waals surface area contributed by atoms with E-state index in [1.54, 1.807) is 35.7 Å². The second-order valence-electron chi connectivity index (χ2n) is 10.9. The largest absolute Gasteiger partial charge is 0.381 e. The minimum Gasteiger partial charge on any atom is -0.381 e. The van der Waals surface area contributed by atoms with Gasteiger partial charge in [0.05, 0.1) is 12.1 Å². The van der Waals surface area contributed by atoms with Gasteiger partial charge in [-0.2, -0.15) is 0 Å². The Morgan fingerprint density at radius 1 is 1.00 bits per heavy atom. The summed E-state index contributed by atoms with van der Waals surface area (Å²) in [7, 11) is 0. The third kappa shape index (κ3) is 9.60. The Morgan fingerprint density at radius 2 is 1.74 bits per heavy atom. The molecule has 6 heteroatoms. The molecule has 0 saturated carbocycles. The van der Waals surface area contributed by atoms with Crippen LogP contribution in [0.4, 0.5) is 10.2 Å². The summed E-state index contributed by atoms with van der Waals surface area (Å²) in [6.45, 7) is 21.5. The van der Waals surface area contributed by atoms with Crippen LogP contribution in [0, 0.1) is 5.82 Å². The van der Waals surface area contributed by atoms with Gasteiger partial charge in [-0.3, -0.25) is 4.98 Å². The van der Waals surface area contributed by atoms with Crippen molar-refractivity contribution in [2.45, 2.75) is 79.8 Å². The quantitative estimate of drug-likeness (QED) is 0.134. The lowest BCUT2D eigenvalue weighted by Crippen LogP contribution is -2.13. The molecule has 3 heterocycles. The van der Waals surface area contributed by atoms with E-state index in [9.17, 15) is 4.39 Å². The third-order valence-corrected chi connectivity index (χ3v) is 8.68. The average Bonchev–Trinajstić information content (AvgIpc) is 3.57. The van der Waals surface area contributed by atoms with E-state index in [2.05, 4.69) is 86.1 Å². The molecular weight excluding hydrogens is 588 g/mol. The fraction of sp³-hybridized carbons (Fsp3) is 0.300. The second kappa shape index (κ2) is 18.6. The highest BCUT2D eigenvalue weighted by Gasteiger charge is 2.15. The molecule has 2 aromatic carbocycles. The normalized spacial score (nSPS) is 11.0. The highest BCUT2D eigenvalue weighted by atomic mass is 32.1. The predicted molar refractivity (Wildman–Crippen MR) is 199 cm³/mol. The highest BCUT2D eigenvalue weighted by molar-refractivity contribution is 7.15. The minimum absolute atomic E-state index is 0.238. The van der Waals surface area contributed by atoms with Gasteiger partial charge >= 0.3 is 0 Å². The van der Waals surface area contributed by atoms with Crippen molar-refractivity contribution >= 4 is 33.8 Å². The zero-order valence-electron chi connectivity index (χ0n) is 28.3. The first-order valence-electron chi connectivity index (χ1n) is 16.3. The van der Waals surface area contributed by atoms with Crippen molar-refractivity contribution in [3.63, 3.8) is 0 Å². The highest BCUT2D eigenvalue weighted by Crippen LogP contribution is 2.35. The molecule has 46 heavy (non-hydrogen) atoms. The van der Waals surface area contributed by atoms with Gasteiger partial charge in [-0.05, 0) is 96.5 Å². The first-order chi connectivity index (χ1) is 22.4. The number of aryl methyl sites for hydroxylation is 1. The molecule has 0 spiro atoms. The molecule has 0 fully saturated rings. The third-order valence-electron chi connectivity index (χ3n) is 7.54. The van der Waals surface area contributed by atoms with E-state index in [1.807, 2.05) is 32.9 Å². The van der Waals surface area contributed by atoms with Crippen molar-refractivity contribution in [3.05, 3.63) is 131 Å². The Morgan fingerprint density at radius 3 is 2.43 bits per heavy atom. The van der Waals surface area contributed by atoms with E-state index in [4.69, 9.17) is 4.98 Å². The summed E-state index contributed by atoms with van der Waals surface area (Å²) in [4.78, 5) is 11.8. The Balaban J connectivity index is 0.00000109. The summed E-state index contributed by atoms with van der Waals surface area (Å²) >= 11 is 1.79. The van der Waals surface area contributed by atoms with Crippen LogP contribution in [0.15, 0.2) is 98.4 Å². The van der Waals surface area contributed by atoms with E-state index < -0.39 is 0 Å². The number of anilines is 1. The van der Waals surface area contributed by atoms with Crippen molar-refractivity contribution in [1.29, 1.82) is 0 Å². The van der Waals surface area contributed by atoms with Gasteiger partial charge in [0.1, 0.15) is 11.6 Å². The standard InChI is InChI=1S/C35H37FN4S.C3H6.C2H6/c1-5-8-27-21-39-32-16-12-26(19-31(32)34(27)23(3)6-2)33-17-15-29(41-33)22-40-35-30(9-7-18-37-35)24(4)38-20-25-10-13-28(36)14-11-25;1-3-2;1-2/h7,9-19,21,23,38H,4-6,8,20,22H2,1-3H3,(H,37,40);3H,1H2,2H3;1-2H3. The molecule has 5 aromatic rings. The van der Waals surface area contributed by atoms with Crippen LogP contribution >= 0.6 is 11.3 Å². The number of aromatic nitrogens is 2. The molecule has 0 saturated heterocycles. The number of allylic oxidation sites excluding steroid dienone is 1. The SMILES string of the molecule is C=C(NCc1ccc(F)cc1)c1cccnc1NCc1ccc(-c2ccc3ncc(CCC)c(C(C)CC)c3c2)s1.C=CC.CC. The number of hydrogen-bond donors (Lipinski definition) is 2. The molecular formula is C40H49FN4S. The number of hydrogen-bond acceptors (Lipinski definition) is 5. The van der Waals surface area contributed by atoms with Gasteiger partial charge in [0.15, 0.2) is 0 Å². The zero-order valence-corrected chi connectivity index (χ0v) is 29.1. The number of halogens is 1. The van der Waals surface area contributed by atoms with E-state index in [1.165, 1.54) is 44.0 Å². The number of thiophene rings is 1. The van der Waals surface area contributed by atoms with Gasteiger partial charge in [0.2, 0.25) is 0 Å². The predicted octanol–water partition coefficient (Wildman–Crippen LogP) is 11.6. The fourth-order valence-electron chi connectivity index (χ4n) is 5.16. The lowest BCUT2D eigenvalue weighted by molar-refractivity contribution is 0.626. The van der Waals surface area contributed by atoms with Crippen molar-refractivity contribution in [3.8, 4) is 10.4 Å². The summed E-state index contributed by atoms with van der Waals surface area (Å²) in [6.07, 6.45) is 8.90. The molecule has 242 valence electrons. The van der Waals surface area contributed by atoms with Gasteiger partial charge in [-0.25, -0.2) is 9.37 Å². The Kier molecular flexibility index (Phi) is 14.6. The molecule has 4 nitrogen and oxygen atoms in total. The van der Waals surface area contributed by atoms with Gasteiger partial charge in [0, 0.05) is 45.3 Å². The topological polar surface area (TPSA) is 49.8 Å². The molecule has 0 amide bonds. The van der Waals surface area contributed by atoms with Gasteiger partial charge in [0.25, 0.3) is 0 Å². The van der Waals surface area contributed by atoms with E-state index in [-0.39, 0.29) is 5.82 Å². The van der Waals surface area contributed by atoms with Crippen LogP contribution in [-0.4, -0.2) is 9.97 Å². The van der Waals surface area contributed by atoms with Gasteiger partial charge in [-0.15, -0.1) is 17.9 Å². The number of nitrogens with zero attached hydrogens (tertiary/aromatic N) is 2. The molecule has 1 atom stereocenters. The monoisotopic (exact) mass is 636 g/mol. The number of pyridine rings is 2. The first kappa shape index (κ1) is 36.2. The summed E-state index contributed by atoms with van der Waals surface area (Å²) in [5.74, 6) is 1.03. The maximum Gasteiger partial charge on any atom is 0.135 e. The van der Waals surface area contributed by atoms with Crippen molar-refractivity contribution in [1.82, 2.24) is 15.3 Å². The van der Waals surface area contributed by atoms with Gasteiger partial charge < -0.3 is 10.6 Å². The number of nitrogens with one attached hydrogen (secondary N) is 2. The molecule has 0 aliphatic heterocycles. The smallest absolute Gasteiger partial charge is 0.135 e. The lowest BCUT2D eigenvalue weighted by Gasteiger charge is -2.18. The molecule has 1 unspecified atom stereocenters. The maximum atomic E-state index is 13.2. The molecule has 0 aliphatic carbocycles. The number of benzene rings is 2. The van der Waals surface area contributed by atoms with E-state index in [0.717, 1.165) is 47.4 Å². The summed E-state index contributed by atoms with van der Waals surface area (Å²) < 4.78 is 13.2. The zero-order chi connectivity index (χ0) is 33.5. The molecule has 0 aliphatic rings. The Bertz CT molecular complexity index is 1690. The molecule has 2 N–H and O–H groups in total. The molecule has 5 rings (SSSR count). The Labute approximate surface area is 279 Å². The molecule has 3 aromatic heterocycles. The summed E-state index contributed by atoms with van der Waals surface area (Å²) in [6, 6.07) is 21.5. The van der Waals surface area contributed by atoms with Crippen molar-refractivity contribution < 1.29 is 4.39 Å². The summed E-state index contributed by atoms with van der Waals surface area (Å²) in [5, 5.41) is 8.12. The van der Waals surface area contributed by atoms with Crippen LogP contribution in [0.25, 0.3) is 27.0 Å². The molecule has 0 bridgehead atoms. The van der Waals surface area contributed by atoms with Gasteiger partial charge in [-0.1, -0.05) is 71.9 Å². The van der Waals surface area contributed by atoms with E-state index in [0.29, 0.717) is 19.0 Å². The average molecular weight is 637 g/mol. The minimum atomic E-state index is -0.238. The first-order valence-corrected chi connectivity index (χ1v) is 17.1. The summed E-state index contributed by atoms with van der Waals surface area (Å²) in [5.41, 5.74) is 7.79. The van der Waals surface area contributed by atoms with Crippen LogP contribution < -0.4 is 10.6 Å². The van der Waals surface area contributed by atoms with Crippen molar-refractivity contribution in [2.24, 2.45) is 0 Å². The van der Waals surface area contributed by atoms with Crippen molar-refractivity contribution in [2.75, 3.05) is 5.32 Å². The fourth-order valence-corrected chi connectivity index (χ4v) is 6.10.